The minimum Gasteiger partial charge on any atom is -0.383 e. The van der Waals surface area contributed by atoms with Crippen molar-refractivity contribution in [3.05, 3.63) is 11.4 Å². The number of nitrogen functional groups attached to an aromatic ring is 1. The number of hydrogen-bond donors (Lipinski definition) is 2. The summed E-state index contributed by atoms with van der Waals surface area (Å²) in [7, 11) is 3.45. The highest BCUT2D eigenvalue weighted by molar-refractivity contribution is 5.83. The molecule has 20 heavy (non-hydrogen) atoms. The van der Waals surface area contributed by atoms with Crippen LogP contribution in [-0.4, -0.2) is 40.9 Å². The van der Waals surface area contributed by atoms with Crippen molar-refractivity contribution in [1.82, 2.24) is 14.9 Å². The molecule has 6 heteroatoms. The van der Waals surface area contributed by atoms with E-state index < -0.39 is 0 Å². The van der Waals surface area contributed by atoms with Crippen molar-refractivity contribution in [2.24, 2.45) is 0 Å². The molecule has 0 bridgehead atoms. The number of amides is 1. The van der Waals surface area contributed by atoms with Crippen LogP contribution >= 0.6 is 0 Å². The Morgan fingerprint density at radius 2 is 1.85 bits per heavy atom. The Balaban J connectivity index is 3.12. The second kappa shape index (κ2) is 5.64. The van der Waals surface area contributed by atoms with Gasteiger partial charge in [0.2, 0.25) is 5.91 Å². The van der Waals surface area contributed by atoms with Crippen LogP contribution < -0.4 is 11.1 Å². The van der Waals surface area contributed by atoms with E-state index in [-0.39, 0.29) is 17.4 Å². The van der Waals surface area contributed by atoms with E-state index in [0.717, 1.165) is 5.56 Å². The van der Waals surface area contributed by atoms with Crippen LogP contribution in [-0.2, 0) is 10.2 Å². The van der Waals surface area contributed by atoms with Crippen molar-refractivity contribution in [3.8, 4) is 0 Å². The number of nitrogens with two attached hydrogens (primary N) is 1. The van der Waals surface area contributed by atoms with E-state index in [1.165, 1.54) is 0 Å². The minimum absolute atomic E-state index is 0.0149. The Morgan fingerprint density at radius 1 is 1.30 bits per heavy atom. The molecular weight excluding hydrogens is 254 g/mol. The standard InChI is InChI=1S/C14H25N5O/c1-8-10(15)17-13(14(3,4)5)18-11(8)16-9(2)12(20)19(6)7/h9H,1-7H3,(H3,15,16,17,18). The molecule has 112 valence electrons. The molecule has 0 aliphatic rings. The average molecular weight is 279 g/mol. The van der Waals surface area contributed by atoms with Crippen molar-refractivity contribution >= 4 is 17.5 Å². The number of nitrogens with one attached hydrogen (secondary N) is 1. The smallest absolute Gasteiger partial charge is 0.244 e. The number of likely N-dealkylation sites (N-methyl/N-ethyl adjacent to an activating group) is 1. The first-order valence-corrected chi connectivity index (χ1v) is 6.66. The van der Waals surface area contributed by atoms with Crippen LogP contribution in [0.1, 0.15) is 39.1 Å². The predicted octanol–water partition coefficient (Wildman–Crippen LogP) is 1.55. The summed E-state index contributed by atoms with van der Waals surface area (Å²) in [4.78, 5) is 22.3. The van der Waals surface area contributed by atoms with Crippen molar-refractivity contribution < 1.29 is 4.79 Å². The highest BCUT2D eigenvalue weighted by Gasteiger charge is 2.22. The van der Waals surface area contributed by atoms with Crippen LogP contribution in [0.3, 0.4) is 0 Å². The van der Waals surface area contributed by atoms with Crippen molar-refractivity contribution in [2.75, 3.05) is 25.1 Å². The first kappa shape index (κ1) is 16.2. The lowest BCUT2D eigenvalue weighted by Gasteiger charge is -2.22. The first-order chi connectivity index (χ1) is 9.04. The molecule has 0 saturated carbocycles. The summed E-state index contributed by atoms with van der Waals surface area (Å²) in [6, 6.07) is -0.370. The minimum atomic E-state index is -0.370. The molecule has 1 rings (SSSR count). The number of carbonyl (C=O) groups is 1. The van der Waals surface area contributed by atoms with E-state index in [1.54, 1.807) is 25.9 Å². The maximum atomic E-state index is 11.9. The Morgan fingerprint density at radius 3 is 2.30 bits per heavy atom. The molecule has 1 heterocycles. The fourth-order valence-electron chi connectivity index (χ4n) is 1.66. The number of anilines is 2. The molecule has 0 aromatic carbocycles. The second-order valence-electron chi connectivity index (χ2n) is 6.25. The molecular formula is C14H25N5O. The molecule has 0 spiro atoms. The second-order valence-corrected chi connectivity index (χ2v) is 6.25. The Kier molecular flexibility index (Phi) is 4.57. The summed E-state index contributed by atoms with van der Waals surface area (Å²) in [5.41, 5.74) is 6.50. The van der Waals surface area contributed by atoms with Gasteiger partial charge in [0.15, 0.2) is 0 Å². The number of nitrogens with zero attached hydrogens (tertiary/aromatic N) is 3. The summed E-state index contributed by atoms with van der Waals surface area (Å²) < 4.78 is 0. The number of hydrogen-bond acceptors (Lipinski definition) is 5. The van der Waals surface area contributed by atoms with Gasteiger partial charge in [0, 0.05) is 25.1 Å². The van der Waals surface area contributed by atoms with Crippen molar-refractivity contribution in [2.45, 2.75) is 46.1 Å². The van der Waals surface area contributed by atoms with Crippen LogP contribution in [0.4, 0.5) is 11.6 Å². The van der Waals surface area contributed by atoms with Gasteiger partial charge in [-0.1, -0.05) is 20.8 Å². The fraction of sp³-hybridized carbons (Fsp3) is 0.643. The van der Waals surface area contributed by atoms with Gasteiger partial charge in [-0.2, -0.15) is 0 Å². The van der Waals surface area contributed by atoms with Gasteiger partial charge in [-0.3, -0.25) is 4.79 Å². The summed E-state index contributed by atoms with van der Waals surface area (Å²) in [5.74, 6) is 1.70. The van der Waals surface area contributed by atoms with Crippen LogP contribution in [0, 0.1) is 6.92 Å². The van der Waals surface area contributed by atoms with E-state index in [1.807, 2.05) is 27.7 Å². The molecule has 0 aliphatic carbocycles. The predicted molar refractivity (Wildman–Crippen MR) is 81.7 cm³/mol. The Labute approximate surface area is 120 Å². The van der Waals surface area contributed by atoms with Crippen LogP contribution in [0.25, 0.3) is 0 Å². The maximum Gasteiger partial charge on any atom is 0.244 e. The first-order valence-electron chi connectivity index (χ1n) is 6.66. The molecule has 1 atom stereocenters. The zero-order valence-electron chi connectivity index (χ0n) is 13.4. The molecule has 0 aliphatic heterocycles. The molecule has 6 nitrogen and oxygen atoms in total. The lowest BCUT2D eigenvalue weighted by molar-refractivity contribution is -0.129. The zero-order valence-corrected chi connectivity index (χ0v) is 13.4. The van der Waals surface area contributed by atoms with Gasteiger partial charge < -0.3 is 16.0 Å². The highest BCUT2D eigenvalue weighted by atomic mass is 16.2. The van der Waals surface area contributed by atoms with Gasteiger partial charge in [0.1, 0.15) is 23.5 Å². The van der Waals surface area contributed by atoms with Crippen LogP contribution in [0.15, 0.2) is 0 Å². The van der Waals surface area contributed by atoms with Gasteiger partial charge in [0.05, 0.1) is 0 Å². The number of aromatic nitrogens is 2. The summed E-state index contributed by atoms with van der Waals surface area (Å²) in [6.45, 7) is 9.72. The van der Waals surface area contributed by atoms with E-state index in [0.29, 0.717) is 17.5 Å². The molecule has 0 radical (unpaired) electrons. The molecule has 0 saturated heterocycles. The van der Waals surface area contributed by atoms with Gasteiger partial charge in [-0.15, -0.1) is 0 Å². The van der Waals surface area contributed by atoms with E-state index in [4.69, 9.17) is 5.73 Å². The van der Waals surface area contributed by atoms with E-state index in [9.17, 15) is 4.79 Å². The topological polar surface area (TPSA) is 84.1 Å². The van der Waals surface area contributed by atoms with Gasteiger partial charge in [-0.05, 0) is 13.8 Å². The third-order valence-electron chi connectivity index (χ3n) is 3.02. The normalized spacial score (nSPS) is 12.9. The third-order valence-corrected chi connectivity index (χ3v) is 3.02. The molecule has 0 fully saturated rings. The lowest BCUT2D eigenvalue weighted by Crippen LogP contribution is -2.37. The van der Waals surface area contributed by atoms with Gasteiger partial charge >= 0.3 is 0 Å². The summed E-state index contributed by atoms with van der Waals surface area (Å²) in [6.07, 6.45) is 0. The largest absolute Gasteiger partial charge is 0.383 e. The molecule has 1 unspecified atom stereocenters. The highest BCUT2D eigenvalue weighted by Crippen LogP contribution is 2.25. The molecule has 1 amide bonds. The quantitative estimate of drug-likeness (QED) is 0.877. The SMILES string of the molecule is Cc1c(N)nc(C(C)(C)C)nc1NC(C)C(=O)N(C)C. The molecule has 1 aromatic heterocycles. The van der Waals surface area contributed by atoms with Crippen LogP contribution in [0.2, 0.25) is 0 Å². The summed E-state index contributed by atoms with van der Waals surface area (Å²) in [5, 5.41) is 3.12. The summed E-state index contributed by atoms with van der Waals surface area (Å²) >= 11 is 0. The zero-order chi connectivity index (χ0) is 15.7. The Hall–Kier alpha value is -1.85. The van der Waals surface area contributed by atoms with Crippen LogP contribution in [0.5, 0.6) is 0 Å². The molecule has 3 N–H and O–H groups in total. The number of carbonyl (C=O) groups excluding carboxylic acids is 1. The molecule has 1 aromatic rings. The number of rotatable bonds is 3. The lowest BCUT2D eigenvalue weighted by atomic mass is 9.95. The van der Waals surface area contributed by atoms with Crippen molar-refractivity contribution in [1.29, 1.82) is 0 Å². The van der Waals surface area contributed by atoms with Gasteiger partial charge in [-0.25, -0.2) is 9.97 Å². The monoisotopic (exact) mass is 279 g/mol. The third kappa shape index (κ3) is 3.59. The Bertz CT molecular complexity index is 505. The maximum absolute atomic E-state index is 11.9. The fourth-order valence-corrected chi connectivity index (χ4v) is 1.66. The van der Waals surface area contributed by atoms with E-state index in [2.05, 4.69) is 15.3 Å². The van der Waals surface area contributed by atoms with Gasteiger partial charge in [0.25, 0.3) is 0 Å². The van der Waals surface area contributed by atoms with E-state index >= 15 is 0 Å². The average Bonchev–Trinajstić information content (AvgIpc) is 2.32. The van der Waals surface area contributed by atoms with Crippen molar-refractivity contribution in [3.63, 3.8) is 0 Å².